The summed E-state index contributed by atoms with van der Waals surface area (Å²) in [6.45, 7) is 4.94. The van der Waals surface area contributed by atoms with Gasteiger partial charge in [0.05, 0.1) is 21.9 Å². The van der Waals surface area contributed by atoms with E-state index in [4.69, 9.17) is 27.8 Å². The lowest BCUT2D eigenvalue weighted by Gasteiger charge is -2.22. The van der Waals surface area contributed by atoms with Crippen molar-refractivity contribution in [3.8, 4) is 0 Å². The Hall–Kier alpha value is -2.43. The number of carbonyl (C=O) groups is 1. The van der Waals surface area contributed by atoms with E-state index in [1.807, 2.05) is 0 Å². The van der Waals surface area contributed by atoms with E-state index in [0.29, 0.717) is 15.8 Å². The monoisotopic (exact) mass is 427 g/mol. The van der Waals surface area contributed by atoms with Gasteiger partial charge in [0.1, 0.15) is 0 Å². The van der Waals surface area contributed by atoms with E-state index in [1.54, 1.807) is 20.8 Å². The average molecular weight is 428 g/mol. The van der Waals surface area contributed by atoms with Crippen molar-refractivity contribution in [2.45, 2.75) is 25.7 Å². The summed E-state index contributed by atoms with van der Waals surface area (Å²) in [5.41, 5.74) is 9.78. The molecule has 1 heterocycles. The number of esters is 1. The minimum Gasteiger partial charge on any atom is -0.466 e. The number of benzene rings is 1. The lowest BCUT2D eigenvalue weighted by atomic mass is 9.94. The molecular weight excluding hydrogens is 406 g/mol. The number of aliphatic imine (C=N–C) groups is 1. The fraction of sp³-hybridized carbons (Fsp3) is 0.353. The second-order valence-electron chi connectivity index (χ2n) is 6.60. The lowest BCUT2D eigenvalue weighted by Crippen LogP contribution is -2.39. The highest BCUT2D eigenvalue weighted by molar-refractivity contribution is 7.89. The van der Waals surface area contributed by atoms with Crippen LogP contribution in [0.1, 0.15) is 20.8 Å². The Morgan fingerprint density at radius 3 is 2.61 bits per heavy atom. The van der Waals surface area contributed by atoms with E-state index in [1.165, 1.54) is 24.4 Å². The molecule has 0 atom stereocenters. The van der Waals surface area contributed by atoms with Crippen molar-refractivity contribution in [3.63, 3.8) is 0 Å². The molecule has 2 rings (SSSR count). The Labute approximate surface area is 168 Å². The number of hydrogen-bond donors (Lipinski definition) is 3. The van der Waals surface area contributed by atoms with E-state index < -0.39 is 21.4 Å². The zero-order chi connectivity index (χ0) is 21.1. The molecule has 9 nitrogen and oxygen atoms in total. The molecule has 0 radical (unpaired) electrons. The van der Waals surface area contributed by atoms with Gasteiger partial charge in [0.25, 0.3) is 0 Å². The number of carbonyl (C=O) groups excluding carboxylic acids is 1. The number of guanidine groups is 1. The van der Waals surface area contributed by atoms with Gasteiger partial charge in [-0.05, 0) is 32.9 Å². The largest absolute Gasteiger partial charge is 0.466 e. The van der Waals surface area contributed by atoms with E-state index in [2.05, 4.69) is 14.7 Å². The van der Waals surface area contributed by atoms with Crippen LogP contribution in [-0.2, 0) is 19.6 Å². The summed E-state index contributed by atoms with van der Waals surface area (Å²) < 4.78 is 32.8. The fourth-order valence-electron chi connectivity index (χ4n) is 2.31. The molecule has 0 saturated heterocycles. The molecule has 11 heteroatoms. The van der Waals surface area contributed by atoms with Gasteiger partial charge in [0.2, 0.25) is 10.0 Å². The van der Waals surface area contributed by atoms with Gasteiger partial charge >= 0.3 is 5.97 Å². The van der Waals surface area contributed by atoms with Crippen LogP contribution in [-0.4, -0.2) is 38.5 Å². The number of ether oxygens (including phenoxy) is 1. The smallest absolute Gasteiger partial charge is 0.312 e. The molecule has 0 aliphatic carbocycles. The molecule has 1 aromatic carbocycles. The van der Waals surface area contributed by atoms with Crippen molar-refractivity contribution in [3.05, 3.63) is 29.4 Å². The molecule has 0 amide bonds. The van der Waals surface area contributed by atoms with E-state index >= 15 is 0 Å². The molecule has 0 aliphatic heterocycles. The molecule has 5 N–H and O–H groups in total. The third kappa shape index (κ3) is 4.89. The summed E-state index contributed by atoms with van der Waals surface area (Å²) in [6, 6.07) is 4.30. The molecule has 0 aliphatic rings. The predicted octanol–water partition coefficient (Wildman–Crippen LogP) is 1.66. The molecule has 152 valence electrons. The molecule has 0 bridgehead atoms. The molecule has 0 fully saturated rings. The van der Waals surface area contributed by atoms with Gasteiger partial charge in [0.15, 0.2) is 11.8 Å². The molecule has 0 saturated carbocycles. The summed E-state index contributed by atoms with van der Waals surface area (Å²) in [6.07, 6.45) is 1.37. The number of sulfonamides is 1. The summed E-state index contributed by atoms with van der Waals surface area (Å²) in [7, 11) is -3.93. The maximum atomic E-state index is 12.7. The maximum absolute atomic E-state index is 12.7. The predicted molar refractivity (Wildman–Crippen MR) is 108 cm³/mol. The van der Waals surface area contributed by atoms with E-state index in [-0.39, 0.29) is 29.8 Å². The van der Waals surface area contributed by atoms with Gasteiger partial charge in [0, 0.05) is 23.5 Å². The van der Waals surface area contributed by atoms with Crippen molar-refractivity contribution < 1.29 is 17.9 Å². The summed E-state index contributed by atoms with van der Waals surface area (Å²) in [5, 5.41) is 1.24. The zero-order valence-electron chi connectivity index (χ0n) is 15.7. The second-order valence-corrected chi connectivity index (χ2v) is 8.78. The molecule has 2 aromatic rings. The minimum atomic E-state index is -3.93. The third-order valence-corrected chi connectivity index (χ3v) is 5.57. The van der Waals surface area contributed by atoms with Gasteiger partial charge < -0.3 is 16.2 Å². The van der Waals surface area contributed by atoms with Crippen molar-refractivity contribution >= 4 is 50.1 Å². The molecule has 0 unspecified atom stereocenters. The average Bonchev–Trinajstić information content (AvgIpc) is 2.62. The van der Waals surface area contributed by atoms with Crippen LogP contribution < -0.4 is 16.2 Å². The van der Waals surface area contributed by atoms with Gasteiger partial charge in [-0.1, -0.05) is 17.7 Å². The van der Waals surface area contributed by atoms with Crippen LogP contribution in [0.3, 0.4) is 0 Å². The highest BCUT2D eigenvalue weighted by atomic mass is 35.5. The van der Waals surface area contributed by atoms with Crippen LogP contribution in [0, 0.1) is 5.41 Å². The number of nitrogens with zero attached hydrogens (tertiary/aromatic N) is 2. The minimum absolute atomic E-state index is 0.0456. The SMILES string of the molecule is CCOC(=O)C(C)(C)CNS(=O)(=O)c1ccc2c(Cl)cnc(N=C(N)N)c2c1. The second kappa shape index (κ2) is 8.29. The standard InChI is InChI=1S/C17H22ClN5O4S/c1-4-27-15(24)17(2,3)9-22-28(25,26)10-5-6-11-12(7-10)14(23-16(19)20)21-8-13(11)18/h5-8,22H,4,9H2,1-3H3,(H4,19,20,21,23). The first-order valence-corrected chi connectivity index (χ1v) is 10.2. The Morgan fingerprint density at radius 1 is 1.32 bits per heavy atom. The number of rotatable bonds is 7. The normalized spacial score (nSPS) is 12.0. The number of aromatic nitrogens is 1. The number of nitrogens with one attached hydrogen (secondary N) is 1. The first-order valence-electron chi connectivity index (χ1n) is 8.32. The number of halogens is 1. The lowest BCUT2D eigenvalue weighted by molar-refractivity contribution is -0.152. The first kappa shape index (κ1) is 21.9. The van der Waals surface area contributed by atoms with Crippen molar-refractivity contribution in [2.75, 3.05) is 13.2 Å². The molecule has 0 spiro atoms. The summed E-state index contributed by atoms with van der Waals surface area (Å²) >= 11 is 6.13. The van der Waals surface area contributed by atoms with E-state index in [9.17, 15) is 13.2 Å². The van der Waals surface area contributed by atoms with Crippen LogP contribution >= 0.6 is 11.6 Å². The van der Waals surface area contributed by atoms with Gasteiger partial charge in [-0.2, -0.15) is 4.99 Å². The van der Waals surface area contributed by atoms with Crippen LogP contribution in [0.5, 0.6) is 0 Å². The topological polar surface area (TPSA) is 150 Å². The zero-order valence-corrected chi connectivity index (χ0v) is 17.3. The Bertz CT molecular complexity index is 1030. The summed E-state index contributed by atoms with van der Waals surface area (Å²) in [4.78, 5) is 19.9. The Balaban J connectivity index is 2.41. The highest BCUT2D eigenvalue weighted by Gasteiger charge is 2.31. The number of nitrogens with two attached hydrogens (primary N) is 2. The number of fused-ring (bicyclic) bond motifs is 1. The first-order chi connectivity index (χ1) is 13.0. The molecular formula is C17H22ClN5O4S. The van der Waals surface area contributed by atoms with E-state index in [0.717, 1.165) is 0 Å². The maximum Gasteiger partial charge on any atom is 0.312 e. The fourth-order valence-corrected chi connectivity index (χ4v) is 3.76. The van der Waals surface area contributed by atoms with Crippen LogP contribution in [0.25, 0.3) is 10.8 Å². The van der Waals surface area contributed by atoms with Gasteiger partial charge in [-0.3, -0.25) is 4.79 Å². The Kier molecular flexibility index (Phi) is 6.48. The van der Waals surface area contributed by atoms with Crippen LogP contribution in [0.4, 0.5) is 5.82 Å². The third-order valence-electron chi connectivity index (χ3n) is 3.87. The quantitative estimate of drug-likeness (QED) is 0.345. The van der Waals surface area contributed by atoms with Crippen molar-refractivity contribution in [2.24, 2.45) is 21.9 Å². The Morgan fingerprint density at radius 2 is 2.00 bits per heavy atom. The van der Waals surface area contributed by atoms with Crippen LogP contribution in [0.2, 0.25) is 5.02 Å². The van der Waals surface area contributed by atoms with Gasteiger partial charge in [-0.15, -0.1) is 0 Å². The highest BCUT2D eigenvalue weighted by Crippen LogP contribution is 2.31. The molecule has 1 aromatic heterocycles. The number of pyridine rings is 1. The van der Waals surface area contributed by atoms with Crippen molar-refractivity contribution in [1.82, 2.24) is 9.71 Å². The number of hydrogen-bond acceptors (Lipinski definition) is 6. The van der Waals surface area contributed by atoms with Gasteiger partial charge in [-0.25, -0.2) is 18.1 Å². The van der Waals surface area contributed by atoms with Crippen LogP contribution in [0.15, 0.2) is 34.3 Å². The molecule has 28 heavy (non-hydrogen) atoms. The van der Waals surface area contributed by atoms with Crippen molar-refractivity contribution in [1.29, 1.82) is 0 Å². The summed E-state index contributed by atoms with van der Waals surface area (Å²) in [5.74, 6) is -0.579.